The van der Waals surface area contributed by atoms with E-state index in [9.17, 15) is 0 Å². The second kappa shape index (κ2) is 10.4. The highest BCUT2D eigenvalue weighted by molar-refractivity contribution is 6.10. The minimum Gasteiger partial charge on any atom is -0.456 e. The second-order valence-electron chi connectivity index (χ2n) is 13.8. The smallest absolute Gasteiger partial charge is 0.136 e. The average molecular weight is 628 g/mol. The number of hydrogen-bond donors (Lipinski definition) is 0. The van der Waals surface area contributed by atoms with Crippen LogP contribution in [0.1, 0.15) is 25.0 Å². The molecule has 2 nitrogen and oxygen atoms in total. The number of para-hydroxylation sites is 1. The summed E-state index contributed by atoms with van der Waals surface area (Å²) in [5.74, 6) is 0. The lowest BCUT2D eigenvalue weighted by Gasteiger charge is -2.27. The van der Waals surface area contributed by atoms with E-state index in [1.807, 2.05) is 12.1 Å². The van der Waals surface area contributed by atoms with Crippen LogP contribution in [0.15, 0.2) is 168 Å². The van der Waals surface area contributed by atoms with Crippen LogP contribution in [0, 0.1) is 0 Å². The maximum atomic E-state index is 6.31. The standard InChI is InChI=1S/C47H33NO/c1-47(2)43-16-7-5-13-39(43)41-29-36(24-25-44(41)47)48(34-21-18-31(19-22-34)38-15-9-11-30-10-3-4-12-37(30)38)35-23-20-32-27-42-40-14-6-8-17-45(40)49-46(42)28-33(32)26-35/h3-29H,1-2H3. The van der Waals surface area contributed by atoms with Gasteiger partial charge < -0.3 is 9.32 Å². The Labute approximate surface area is 285 Å². The van der Waals surface area contributed by atoms with Crippen LogP contribution in [-0.4, -0.2) is 0 Å². The summed E-state index contributed by atoms with van der Waals surface area (Å²) in [5, 5.41) is 7.16. The molecule has 0 bridgehead atoms. The van der Waals surface area contributed by atoms with Crippen molar-refractivity contribution in [3.8, 4) is 22.3 Å². The van der Waals surface area contributed by atoms with Gasteiger partial charge in [-0.1, -0.05) is 123 Å². The number of furan rings is 1. The summed E-state index contributed by atoms with van der Waals surface area (Å²) in [7, 11) is 0. The van der Waals surface area contributed by atoms with Gasteiger partial charge in [-0.05, 0) is 110 Å². The van der Waals surface area contributed by atoms with Crippen molar-refractivity contribution in [2.24, 2.45) is 0 Å². The number of nitrogens with zero attached hydrogens (tertiary/aromatic N) is 1. The molecule has 0 aliphatic heterocycles. The minimum absolute atomic E-state index is 0.0453. The van der Waals surface area contributed by atoms with Gasteiger partial charge in [0.25, 0.3) is 0 Å². The predicted molar refractivity (Wildman–Crippen MR) is 206 cm³/mol. The highest BCUT2D eigenvalue weighted by Gasteiger charge is 2.35. The van der Waals surface area contributed by atoms with Crippen molar-refractivity contribution >= 4 is 60.5 Å². The largest absolute Gasteiger partial charge is 0.456 e. The summed E-state index contributed by atoms with van der Waals surface area (Å²) in [6.45, 7) is 4.67. The van der Waals surface area contributed by atoms with Gasteiger partial charge in [-0.15, -0.1) is 0 Å². The Bertz CT molecular complexity index is 2740. The van der Waals surface area contributed by atoms with Gasteiger partial charge in [0.1, 0.15) is 11.2 Å². The molecule has 0 amide bonds. The van der Waals surface area contributed by atoms with Crippen molar-refractivity contribution < 1.29 is 4.42 Å². The Balaban J connectivity index is 1.15. The van der Waals surface area contributed by atoms with E-state index in [4.69, 9.17) is 4.42 Å². The summed E-state index contributed by atoms with van der Waals surface area (Å²) in [5.41, 5.74) is 13.0. The molecule has 232 valence electrons. The first-order chi connectivity index (χ1) is 24.0. The molecule has 9 aromatic rings. The summed E-state index contributed by atoms with van der Waals surface area (Å²) in [4.78, 5) is 2.39. The van der Waals surface area contributed by atoms with Gasteiger partial charge in [-0.2, -0.15) is 0 Å². The molecule has 1 aliphatic rings. The van der Waals surface area contributed by atoms with Crippen LogP contribution in [0.5, 0.6) is 0 Å². The van der Waals surface area contributed by atoms with Gasteiger partial charge in [0.05, 0.1) is 0 Å². The number of rotatable bonds is 4. The number of fused-ring (bicyclic) bond motifs is 8. The van der Waals surface area contributed by atoms with E-state index < -0.39 is 0 Å². The van der Waals surface area contributed by atoms with Crippen LogP contribution in [-0.2, 0) is 5.41 Å². The number of anilines is 3. The molecule has 0 unspecified atom stereocenters. The topological polar surface area (TPSA) is 16.4 Å². The lowest BCUT2D eigenvalue weighted by Crippen LogP contribution is -2.15. The fourth-order valence-corrected chi connectivity index (χ4v) is 8.16. The van der Waals surface area contributed by atoms with E-state index in [2.05, 4.69) is 170 Å². The highest BCUT2D eigenvalue weighted by Crippen LogP contribution is 2.51. The molecule has 1 heterocycles. The first kappa shape index (κ1) is 27.9. The zero-order valence-electron chi connectivity index (χ0n) is 27.4. The summed E-state index contributed by atoms with van der Waals surface area (Å²) < 4.78 is 6.31. The van der Waals surface area contributed by atoms with Crippen LogP contribution in [0.25, 0.3) is 65.7 Å². The number of hydrogen-bond acceptors (Lipinski definition) is 2. The SMILES string of the molecule is CC1(C)c2ccccc2-c2cc(N(c3ccc(-c4cccc5ccccc45)cc3)c3ccc4cc5c(cc4c3)oc3ccccc35)ccc21. The molecular formula is C47H33NO. The molecule has 1 aliphatic carbocycles. The molecular weight excluding hydrogens is 595 g/mol. The van der Waals surface area contributed by atoms with Gasteiger partial charge in [0.2, 0.25) is 0 Å². The maximum Gasteiger partial charge on any atom is 0.136 e. The van der Waals surface area contributed by atoms with Crippen molar-refractivity contribution in [3.05, 3.63) is 175 Å². The van der Waals surface area contributed by atoms with Gasteiger partial charge in [0.15, 0.2) is 0 Å². The first-order valence-electron chi connectivity index (χ1n) is 17.0. The van der Waals surface area contributed by atoms with Gasteiger partial charge in [-0.3, -0.25) is 0 Å². The Morgan fingerprint density at radius 2 is 1.08 bits per heavy atom. The maximum absolute atomic E-state index is 6.31. The second-order valence-corrected chi connectivity index (χ2v) is 13.8. The van der Waals surface area contributed by atoms with Crippen molar-refractivity contribution in [2.45, 2.75) is 19.3 Å². The Kier molecular flexibility index (Phi) is 5.95. The fourth-order valence-electron chi connectivity index (χ4n) is 8.16. The molecule has 2 heteroatoms. The molecule has 0 spiro atoms. The van der Waals surface area contributed by atoms with Crippen LogP contribution >= 0.6 is 0 Å². The predicted octanol–water partition coefficient (Wildman–Crippen LogP) is 13.3. The Hall–Kier alpha value is -6.12. The van der Waals surface area contributed by atoms with Crippen molar-refractivity contribution in [3.63, 3.8) is 0 Å². The van der Waals surface area contributed by atoms with Crippen molar-refractivity contribution in [1.29, 1.82) is 0 Å². The van der Waals surface area contributed by atoms with E-state index in [1.165, 1.54) is 49.5 Å². The number of benzene rings is 8. The van der Waals surface area contributed by atoms with E-state index in [0.29, 0.717) is 0 Å². The highest BCUT2D eigenvalue weighted by atomic mass is 16.3. The van der Waals surface area contributed by atoms with Crippen LogP contribution in [0.2, 0.25) is 0 Å². The quantitative estimate of drug-likeness (QED) is 0.193. The molecule has 10 rings (SSSR count). The van der Waals surface area contributed by atoms with E-state index in [0.717, 1.165) is 44.4 Å². The lowest BCUT2D eigenvalue weighted by atomic mass is 9.82. The minimum atomic E-state index is -0.0453. The molecule has 0 atom stereocenters. The monoisotopic (exact) mass is 627 g/mol. The van der Waals surface area contributed by atoms with E-state index in [1.54, 1.807) is 0 Å². The van der Waals surface area contributed by atoms with Crippen molar-refractivity contribution in [2.75, 3.05) is 4.90 Å². The fraction of sp³-hybridized carbons (Fsp3) is 0.0638. The zero-order valence-corrected chi connectivity index (χ0v) is 27.4. The van der Waals surface area contributed by atoms with E-state index >= 15 is 0 Å². The average Bonchev–Trinajstić information content (AvgIpc) is 3.61. The molecule has 0 fully saturated rings. The zero-order chi connectivity index (χ0) is 32.7. The molecule has 8 aromatic carbocycles. The normalized spacial score (nSPS) is 13.3. The Morgan fingerprint density at radius 1 is 0.408 bits per heavy atom. The lowest BCUT2D eigenvalue weighted by molar-refractivity contribution is 0.660. The van der Waals surface area contributed by atoms with E-state index in [-0.39, 0.29) is 5.41 Å². The van der Waals surface area contributed by atoms with Crippen LogP contribution in [0.3, 0.4) is 0 Å². The summed E-state index contributed by atoms with van der Waals surface area (Å²) in [6.07, 6.45) is 0. The third-order valence-electron chi connectivity index (χ3n) is 10.6. The van der Waals surface area contributed by atoms with Gasteiger partial charge >= 0.3 is 0 Å². The van der Waals surface area contributed by atoms with Crippen molar-refractivity contribution in [1.82, 2.24) is 0 Å². The third-order valence-corrected chi connectivity index (χ3v) is 10.6. The van der Waals surface area contributed by atoms with Gasteiger partial charge in [0, 0.05) is 33.2 Å². The summed E-state index contributed by atoms with van der Waals surface area (Å²) in [6, 6.07) is 59.6. The summed E-state index contributed by atoms with van der Waals surface area (Å²) >= 11 is 0. The molecule has 0 N–H and O–H groups in total. The van der Waals surface area contributed by atoms with Crippen LogP contribution < -0.4 is 4.90 Å². The third kappa shape index (κ3) is 4.27. The van der Waals surface area contributed by atoms with Gasteiger partial charge in [-0.25, -0.2) is 0 Å². The molecule has 49 heavy (non-hydrogen) atoms. The van der Waals surface area contributed by atoms with Crippen LogP contribution in [0.4, 0.5) is 17.1 Å². The Morgan fingerprint density at radius 3 is 1.98 bits per heavy atom. The molecule has 1 aromatic heterocycles. The first-order valence-corrected chi connectivity index (χ1v) is 17.0. The molecule has 0 radical (unpaired) electrons. The molecule has 0 saturated carbocycles. The molecule has 0 saturated heterocycles.